The van der Waals surface area contributed by atoms with E-state index in [-0.39, 0.29) is 6.04 Å². The third-order valence-corrected chi connectivity index (χ3v) is 4.71. The van der Waals surface area contributed by atoms with Crippen molar-refractivity contribution in [3.8, 4) is 0 Å². The predicted molar refractivity (Wildman–Crippen MR) is 107 cm³/mol. The number of benzene rings is 3. The minimum absolute atomic E-state index is 0.247. The van der Waals surface area contributed by atoms with Crippen molar-refractivity contribution in [3.05, 3.63) is 114 Å². The third-order valence-electron chi connectivity index (χ3n) is 4.71. The predicted octanol–water partition coefficient (Wildman–Crippen LogP) is 6.32. The maximum Gasteiger partial charge on any atom is 0.0631 e. The zero-order valence-electron chi connectivity index (χ0n) is 14.2. The number of nitrogens with zero attached hydrogens (tertiary/aromatic N) is 1. The highest BCUT2D eigenvalue weighted by molar-refractivity contribution is 5.93. The summed E-state index contributed by atoms with van der Waals surface area (Å²) in [6, 6.07) is 30.2. The highest BCUT2D eigenvalue weighted by Crippen LogP contribution is 2.43. The molecule has 1 aliphatic rings. The Bertz CT molecular complexity index is 894. The van der Waals surface area contributed by atoms with Gasteiger partial charge < -0.3 is 4.90 Å². The van der Waals surface area contributed by atoms with Gasteiger partial charge in [0.1, 0.15) is 0 Å². The number of anilines is 1. The fourth-order valence-corrected chi connectivity index (χ4v) is 3.60. The number of fused-ring (bicyclic) bond motifs is 1. The van der Waals surface area contributed by atoms with Gasteiger partial charge in [0, 0.05) is 11.4 Å². The Balaban J connectivity index is 1.95. The fraction of sp³-hybridized carbons (Fsp3) is 0.0833. The normalized spacial score (nSPS) is 16.1. The molecule has 0 fully saturated rings. The van der Waals surface area contributed by atoms with E-state index in [2.05, 4.69) is 102 Å². The zero-order chi connectivity index (χ0) is 17.1. The molecule has 0 radical (unpaired) electrons. The molecule has 1 unspecified atom stereocenters. The molecule has 3 aromatic carbocycles. The second-order valence-electron chi connectivity index (χ2n) is 6.27. The summed E-state index contributed by atoms with van der Waals surface area (Å²) < 4.78 is 0. The first-order valence-corrected chi connectivity index (χ1v) is 8.69. The summed E-state index contributed by atoms with van der Waals surface area (Å²) in [6.45, 7) is 4.01. The van der Waals surface area contributed by atoms with Gasteiger partial charge in [0.05, 0.1) is 6.04 Å². The lowest BCUT2D eigenvalue weighted by molar-refractivity contribution is 0.707. The van der Waals surface area contributed by atoms with E-state index in [1.807, 2.05) is 6.08 Å². The van der Waals surface area contributed by atoms with E-state index in [9.17, 15) is 0 Å². The van der Waals surface area contributed by atoms with Crippen LogP contribution in [0.2, 0.25) is 0 Å². The van der Waals surface area contributed by atoms with Crippen LogP contribution in [0.15, 0.2) is 97.6 Å². The SMILES string of the molecule is C=CCC1c2ccccc2C=C(c2ccccc2)N1c1ccccc1. The van der Waals surface area contributed by atoms with Crippen molar-refractivity contribution < 1.29 is 0 Å². The number of hydrogen-bond acceptors (Lipinski definition) is 1. The van der Waals surface area contributed by atoms with E-state index < -0.39 is 0 Å². The van der Waals surface area contributed by atoms with Crippen LogP contribution < -0.4 is 4.90 Å². The average molecular weight is 323 g/mol. The Kier molecular flexibility index (Phi) is 4.22. The van der Waals surface area contributed by atoms with Crippen molar-refractivity contribution in [2.45, 2.75) is 12.5 Å². The number of hydrogen-bond donors (Lipinski definition) is 0. The standard InChI is InChI=1S/C24H21N/c1-2-11-23-22-17-10-9-14-20(22)18-24(19-12-5-3-6-13-19)25(23)21-15-7-4-8-16-21/h2-10,12-18,23H,1,11H2. The van der Waals surface area contributed by atoms with Crippen molar-refractivity contribution in [2.75, 3.05) is 4.90 Å². The van der Waals surface area contributed by atoms with Crippen LogP contribution >= 0.6 is 0 Å². The summed E-state index contributed by atoms with van der Waals surface area (Å²) >= 11 is 0. The van der Waals surface area contributed by atoms with Crippen molar-refractivity contribution >= 4 is 17.5 Å². The second-order valence-corrected chi connectivity index (χ2v) is 6.27. The van der Waals surface area contributed by atoms with E-state index in [1.165, 1.54) is 28.1 Å². The number of rotatable bonds is 4. The molecule has 0 saturated carbocycles. The van der Waals surface area contributed by atoms with E-state index >= 15 is 0 Å². The van der Waals surface area contributed by atoms with Gasteiger partial charge in [-0.15, -0.1) is 6.58 Å². The van der Waals surface area contributed by atoms with Crippen molar-refractivity contribution in [2.24, 2.45) is 0 Å². The Hall–Kier alpha value is -3.06. The average Bonchev–Trinajstić information content (AvgIpc) is 2.69. The highest BCUT2D eigenvalue weighted by atomic mass is 15.2. The van der Waals surface area contributed by atoms with Gasteiger partial charge in [-0.3, -0.25) is 0 Å². The van der Waals surface area contributed by atoms with Gasteiger partial charge >= 0.3 is 0 Å². The quantitative estimate of drug-likeness (QED) is 0.508. The fourth-order valence-electron chi connectivity index (χ4n) is 3.60. The monoisotopic (exact) mass is 323 g/mol. The van der Waals surface area contributed by atoms with E-state index in [0.717, 1.165) is 6.42 Å². The molecule has 25 heavy (non-hydrogen) atoms. The van der Waals surface area contributed by atoms with Gasteiger partial charge in [-0.2, -0.15) is 0 Å². The highest BCUT2D eigenvalue weighted by Gasteiger charge is 2.29. The molecule has 0 saturated heterocycles. The summed E-state index contributed by atoms with van der Waals surface area (Å²) in [6.07, 6.45) is 5.22. The molecule has 1 heteroatoms. The Morgan fingerprint density at radius 3 is 2.16 bits per heavy atom. The lowest BCUT2D eigenvalue weighted by atomic mass is 9.89. The molecule has 0 spiro atoms. The van der Waals surface area contributed by atoms with Gasteiger partial charge in [-0.1, -0.05) is 78.9 Å². The first kappa shape index (κ1) is 15.5. The molecule has 1 nitrogen and oxygen atoms in total. The Labute approximate surface area is 149 Å². The summed E-state index contributed by atoms with van der Waals surface area (Å²) in [5.41, 5.74) is 6.32. The lowest BCUT2D eigenvalue weighted by Crippen LogP contribution is -2.30. The maximum absolute atomic E-state index is 4.01. The van der Waals surface area contributed by atoms with Gasteiger partial charge in [-0.05, 0) is 41.3 Å². The van der Waals surface area contributed by atoms with Gasteiger partial charge in [0.15, 0.2) is 0 Å². The molecular weight excluding hydrogens is 302 g/mol. The second kappa shape index (κ2) is 6.82. The Morgan fingerprint density at radius 1 is 0.800 bits per heavy atom. The molecule has 0 aliphatic carbocycles. The lowest BCUT2D eigenvalue weighted by Gasteiger charge is -2.39. The molecular formula is C24H21N. The molecule has 0 bridgehead atoms. The van der Waals surface area contributed by atoms with Crippen LogP contribution in [0.4, 0.5) is 5.69 Å². The van der Waals surface area contributed by atoms with Crippen LogP contribution in [0.3, 0.4) is 0 Å². The molecule has 0 aromatic heterocycles. The van der Waals surface area contributed by atoms with Crippen LogP contribution in [0.5, 0.6) is 0 Å². The third kappa shape index (κ3) is 2.89. The molecule has 1 aliphatic heterocycles. The molecule has 1 atom stereocenters. The molecule has 0 amide bonds. The van der Waals surface area contributed by atoms with Crippen LogP contribution in [0.25, 0.3) is 11.8 Å². The van der Waals surface area contributed by atoms with E-state index in [1.54, 1.807) is 0 Å². The van der Waals surface area contributed by atoms with E-state index in [0.29, 0.717) is 0 Å². The summed E-state index contributed by atoms with van der Waals surface area (Å²) in [7, 11) is 0. The first-order chi connectivity index (χ1) is 12.4. The molecule has 3 aromatic rings. The topological polar surface area (TPSA) is 3.24 Å². The summed E-state index contributed by atoms with van der Waals surface area (Å²) in [5.74, 6) is 0. The minimum Gasteiger partial charge on any atom is -0.333 e. The maximum atomic E-state index is 4.01. The molecule has 4 rings (SSSR count). The first-order valence-electron chi connectivity index (χ1n) is 8.69. The Morgan fingerprint density at radius 2 is 1.44 bits per heavy atom. The van der Waals surface area contributed by atoms with Crippen molar-refractivity contribution in [1.82, 2.24) is 0 Å². The largest absolute Gasteiger partial charge is 0.333 e. The van der Waals surface area contributed by atoms with Crippen molar-refractivity contribution in [1.29, 1.82) is 0 Å². The minimum atomic E-state index is 0.247. The number of para-hydroxylation sites is 1. The van der Waals surface area contributed by atoms with Crippen molar-refractivity contribution in [3.63, 3.8) is 0 Å². The van der Waals surface area contributed by atoms with Gasteiger partial charge in [0.25, 0.3) is 0 Å². The van der Waals surface area contributed by atoms with Crippen LogP contribution in [-0.4, -0.2) is 0 Å². The van der Waals surface area contributed by atoms with Crippen LogP contribution in [0.1, 0.15) is 29.2 Å². The molecule has 122 valence electrons. The van der Waals surface area contributed by atoms with Gasteiger partial charge in [-0.25, -0.2) is 0 Å². The summed E-state index contributed by atoms with van der Waals surface area (Å²) in [5, 5.41) is 0. The summed E-state index contributed by atoms with van der Waals surface area (Å²) in [4.78, 5) is 2.44. The van der Waals surface area contributed by atoms with E-state index in [4.69, 9.17) is 0 Å². The zero-order valence-corrected chi connectivity index (χ0v) is 14.2. The van der Waals surface area contributed by atoms with Gasteiger partial charge in [0.2, 0.25) is 0 Å². The molecule has 0 N–H and O–H groups in total. The smallest absolute Gasteiger partial charge is 0.0631 e. The van der Waals surface area contributed by atoms with Crippen LogP contribution in [0, 0.1) is 0 Å². The molecule has 1 heterocycles. The van der Waals surface area contributed by atoms with Crippen LogP contribution in [-0.2, 0) is 0 Å².